The minimum absolute atomic E-state index is 0.0848. The first-order valence-electron chi connectivity index (χ1n) is 11.6. The summed E-state index contributed by atoms with van der Waals surface area (Å²) in [7, 11) is 1.54. The van der Waals surface area contributed by atoms with Crippen LogP contribution in [0.3, 0.4) is 0 Å². The van der Waals surface area contributed by atoms with Crippen molar-refractivity contribution in [3.8, 4) is 0 Å². The molecule has 0 bridgehead atoms. The molecular weight excluding hydrogens is 473 g/mol. The van der Waals surface area contributed by atoms with E-state index in [4.69, 9.17) is 5.73 Å². The number of nitrogens with zero attached hydrogens (tertiary/aromatic N) is 2. The van der Waals surface area contributed by atoms with Crippen LogP contribution in [0.4, 0.5) is 24.5 Å². The fraction of sp³-hybridized carbons (Fsp3) is 0.360. The molecule has 1 aromatic heterocycles. The number of rotatable bonds is 10. The fourth-order valence-electron chi connectivity index (χ4n) is 4.10. The molecule has 1 fully saturated rings. The monoisotopic (exact) mass is 502 g/mol. The molecule has 192 valence electrons. The predicted octanol–water partition coefficient (Wildman–Crippen LogP) is 4.20. The normalized spacial score (nSPS) is 15.3. The van der Waals surface area contributed by atoms with Gasteiger partial charge in [0.1, 0.15) is 17.6 Å². The van der Waals surface area contributed by atoms with Crippen LogP contribution in [-0.4, -0.2) is 36.1 Å². The lowest BCUT2D eigenvalue weighted by Crippen LogP contribution is -2.47. The zero-order chi connectivity index (χ0) is 26.1. The van der Waals surface area contributed by atoms with Gasteiger partial charge in [0.25, 0.3) is 12.3 Å². The third kappa shape index (κ3) is 7.30. The van der Waals surface area contributed by atoms with Gasteiger partial charge in [-0.25, -0.2) is 13.2 Å². The van der Waals surface area contributed by atoms with Crippen molar-refractivity contribution < 1.29 is 22.8 Å². The third-order valence-electron chi connectivity index (χ3n) is 5.89. The number of aromatic nitrogens is 1. The van der Waals surface area contributed by atoms with Gasteiger partial charge >= 0.3 is 0 Å². The summed E-state index contributed by atoms with van der Waals surface area (Å²) in [5.74, 6) is -1.42. The number of carbonyl (C=O) groups is 2. The molecule has 2 amide bonds. The number of allylic oxidation sites excluding steroid dienone is 1. The van der Waals surface area contributed by atoms with Gasteiger partial charge in [-0.2, -0.15) is 0 Å². The number of alkyl halides is 2. The van der Waals surface area contributed by atoms with E-state index >= 15 is 0 Å². The van der Waals surface area contributed by atoms with Crippen LogP contribution >= 0.6 is 0 Å². The molecule has 0 spiro atoms. The van der Waals surface area contributed by atoms with Crippen molar-refractivity contribution in [3.63, 3.8) is 0 Å². The van der Waals surface area contributed by atoms with E-state index in [1.54, 1.807) is 0 Å². The van der Waals surface area contributed by atoms with Gasteiger partial charge in [0.05, 0.1) is 11.4 Å². The molecular formula is C25H29F3N6O2. The number of nitrogens with one attached hydrogen (secondary N) is 3. The van der Waals surface area contributed by atoms with Crippen LogP contribution in [0.15, 0.2) is 53.4 Å². The maximum Gasteiger partial charge on any atom is 0.280 e. The SMILES string of the molecule is CN=C/C(=C\N)NC(=O)C(CC1CCCC1)NC(=O)c1ccc(F)c(Nc2ccnc(C(F)F)c2)c1. The van der Waals surface area contributed by atoms with Crippen molar-refractivity contribution in [3.05, 3.63) is 65.5 Å². The van der Waals surface area contributed by atoms with Crippen molar-refractivity contribution >= 4 is 29.4 Å². The Morgan fingerprint density at radius 3 is 2.64 bits per heavy atom. The summed E-state index contributed by atoms with van der Waals surface area (Å²) in [5, 5.41) is 8.10. The highest BCUT2D eigenvalue weighted by molar-refractivity contribution is 5.99. The van der Waals surface area contributed by atoms with E-state index < -0.39 is 35.8 Å². The van der Waals surface area contributed by atoms with Crippen LogP contribution in [0, 0.1) is 11.7 Å². The number of nitrogens with two attached hydrogens (primary N) is 1. The van der Waals surface area contributed by atoms with E-state index in [0.29, 0.717) is 12.1 Å². The average molecular weight is 503 g/mol. The molecule has 0 aliphatic heterocycles. The van der Waals surface area contributed by atoms with E-state index in [2.05, 4.69) is 25.9 Å². The molecule has 1 atom stereocenters. The molecule has 1 aliphatic carbocycles. The lowest BCUT2D eigenvalue weighted by molar-refractivity contribution is -0.122. The second kappa shape index (κ2) is 12.7. The van der Waals surface area contributed by atoms with Gasteiger partial charge in [-0.3, -0.25) is 19.6 Å². The van der Waals surface area contributed by atoms with E-state index in [1.165, 1.54) is 43.9 Å². The van der Waals surface area contributed by atoms with E-state index in [0.717, 1.165) is 37.8 Å². The summed E-state index contributed by atoms with van der Waals surface area (Å²) < 4.78 is 40.3. The molecule has 8 nitrogen and oxygen atoms in total. The fourth-order valence-corrected chi connectivity index (χ4v) is 4.10. The smallest absolute Gasteiger partial charge is 0.280 e. The highest BCUT2D eigenvalue weighted by atomic mass is 19.3. The lowest BCUT2D eigenvalue weighted by Gasteiger charge is -2.22. The first-order chi connectivity index (χ1) is 17.3. The third-order valence-corrected chi connectivity index (χ3v) is 5.89. The summed E-state index contributed by atoms with van der Waals surface area (Å²) in [5.41, 5.74) is 5.57. The Hall–Kier alpha value is -3.89. The second-order valence-corrected chi connectivity index (χ2v) is 8.50. The van der Waals surface area contributed by atoms with E-state index in [-0.39, 0.29) is 22.9 Å². The van der Waals surface area contributed by atoms with Crippen LogP contribution in [0.5, 0.6) is 0 Å². The summed E-state index contributed by atoms with van der Waals surface area (Å²) in [6, 6.07) is 5.28. The van der Waals surface area contributed by atoms with Crippen LogP contribution in [0.1, 0.15) is 54.6 Å². The molecule has 1 heterocycles. The zero-order valence-corrected chi connectivity index (χ0v) is 19.8. The van der Waals surface area contributed by atoms with Gasteiger partial charge in [-0.15, -0.1) is 0 Å². The van der Waals surface area contributed by atoms with Crippen molar-refractivity contribution in [2.45, 2.75) is 44.6 Å². The van der Waals surface area contributed by atoms with E-state index in [1.807, 2.05) is 0 Å². The molecule has 5 N–H and O–H groups in total. The molecule has 1 aromatic carbocycles. The van der Waals surface area contributed by atoms with E-state index in [9.17, 15) is 22.8 Å². The number of hydrogen-bond donors (Lipinski definition) is 4. The van der Waals surface area contributed by atoms with Gasteiger partial charge in [0.15, 0.2) is 0 Å². The Labute approximate surface area is 207 Å². The Morgan fingerprint density at radius 1 is 1.22 bits per heavy atom. The largest absolute Gasteiger partial charge is 0.403 e. The topological polar surface area (TPSA) is 121 Å². The quantitative estimate of drug-likeness (QED) is 0.363. The summed E-state index contributed by atoms with van der Waals surface area (Å²) in [6.07, 6.45) is 5.50. The van der Waals surface area contributed by atoms with Crippen LogP contribution in [0.2, 0.25) is 0 Å². The molecule has 11 heteroatoms. The molecule has 1 unspecified atom stereocenters. The average Bonchev–Trinajstić information content (AvgIpc) is 3.38. The van der Waals surface area contributed by atoms with Crippen molar-refractivity contribution in [1.29, 1.82) is 0 Å². The minimum atomic E-state index is -2.78. The molecule has 3 rings (SSSR count). The maximum atomic E-state index is 14.4. The van der Waals surface area contributed by atoms with Crippen LogP contribution in [0.25, 0.3) is 0 Å². The first kappa shape index (κ1) is 26.7. The minimum Gasteiger partial charge on any atom is -0.403 e. The van der Waals surface area contributed by atoms with Crippen molar-refractivity contribution in [1.82, 2.24) is 15.6 Å². The highest BCUT2D eigenvalue weighted by Crippen LogP contribution is 2.29. The van der Waals surface area contributed by atoms with Gasteiger partial charge in [-0.05, 0) is 42.7 Å². The Kier molecular flexibility index (Phi) is 9.43. The van der Waals surface area contributed by atoms with Crippen molar-refractivity contribution in [2.75, 3.05) is 12.4 Å². The van der Waals surface area contributed by atoms with Gasteiger partial charge in [0.2, 0.25) is 5.91 Å². The van der Waals surface area contributed by atoms with Crippen LogP contribution < -0.4 is 21.7 Å². The van der Waals surface area contributed by atoms with Crippen molar-refractivity contribution in [2.24, 2.45) is 16.6 Å². The summed E-state index contributed by atoms with van der Waals surface area (Å²) in [6.45, 7) is 0. The predicted molar refractivity (Wildman–Crippen MR) is 132 cm³/mol. The zero-order valence-electron chi connectivity index (χ0n) is 19.8. The Balaban J connectivity index is 1.78. The standard InChI is InChI=1S/C25H29F3N6O2/c1-30-14-18(13-29)33-25(36)22(10-15-4-2-3-5-15)34-24(35)16-6-7-19(26)20(11-16)32-17-8-9-31-21(12-17)23(27)28/h6-9,11-15,22-23H,2-5,10,29H2,1H3,(H,31,32)(H,33,36)(H,34,35)/b18-13+,30-14?. The first-order valence-corrected chi connectivity index (χ1v) is 11.6. The molecule has 1 saturated carbocycles. The van der Waals surface area contributed by atoms with Gasteiger partial charge in [0, 0.05) is 36.9 Å². The number of hydrogen-bond acceptors (Lipinski definition) is 6. The number of amides is 2. The molecule has 1 aliphatic rings. The number of pyridine rings is 1. The summed E-state index contributed by atoms with van der Waals surface area (Å²) >= 11 is 0. The number of aliphatic imine (C=N–C) groups is 1. The molecule has 36 heavy (non-hydrogen) atoms. The summed E-state index contributed by atoms with van der Waals surface area (Å²) in [4.78, 5) is 33.4. The second-order valence-electron chi connectivity index (χ2n) is 8.50. The van der Waals surface area contributed by atoms with Gasteiger partial charge in [-0.1, -0.05) is 25.7 Å². The molecule has 0 radical (unpaired) electrons. The maximum absolute atomic E-state index is 14.4. The lowest BCUT2D eigenvalue weighted by atomic mass is 9.97. The Bertz CT molecular complexity index is 1130. The number of halogens is 3. The Morgan fingerprint density at radius 2 is 1.97 bits per heavy atom. The van der Waals surface area contributed by atoms with Crippen LogP contribution in [-0.2, 0) is 4.79 Å². The molecule has 2 aromatic rings. The highest BCUT2D eigenvalue weighted by Gasteiger charge is 2.27. The molecule has 0 saturated heterocycles. The number of carbonyl (C=O) groups excluding carboxylic acids is 2. The van der Waals surface area contributed by atoms with Gasteiger partial charge < -0.3 is 21.7 Å². The number of benzene rings is 1. The number of anilines is 2.